The van der Waals surface area contributed by atoms with Gasteiger partial charge in [0.2, 0.25) is 0 Å². The molecule has 0 N–H and O–H groups in total. The smallest absolute Gasteiger partial charge is 0.160 e. The third-order valence-electron chi connectivity index (χ3n) is 3.05. The maximum absolute atomic E-state index is 6.21. The zero-order valence-electron chi connectivity index (χ0n) is 11.2. The number of aryl methyl sites for hydroxylation is 1. The van der Waals surface area contributed by atoms with E-state index >= 15 is 0 Å². The molecule has 2 rings (SSSR count). The van der Waals surface area contributed by atoms with E-state index < -0.39 is 0 Å². The predicted octanol–water partition coefficient (Wildman–Crippen LogP) is 4.17. The van der Waals surface area contributed by atoms with Crippen molar-refractivity contribution in [1.29, 1.82) is 0 Å². The Kier molecular flexibility index (Phi) is 4.23. The van der Waals surface area contributed by atoms with Crippen molar-refractivity contribution in [2.45, 2.75) is 45.5 Å². The number of nitrogens with zero attached hydrogens (tertiary/aromatic N) is 3. The maximum Gasteiger partial charge on any atom is 0.160 e. The summed E-state index contributed by atoms with van der Waals surface area (Å²) in [5.41, 5.74) is 1.88. The Balaban J connectivity index is 2.30. The highest BCUT2D eigenvalue weighted by Gasteiger charge is 2.15. The molecule has 0 spiro atoms. The molecule has 1 atom stereocenters. The predicted molar refractivity (Wildman–Crippen MR) is 75.9 cm³/mol. The number of aromatic nitrogens is 3. The van der Waals surface area contributed by atoms with Crippen LogP contribution in [0.2, 0.25) is 0 Å². The number of imidazole rings is 1. The molecule has 3 nitrogen and oxygen atoms in total. The van der Waals surface area contributed by atoms with Crippen LogP contribution < -0.4 is 0 Å². The summed E-state index contributed by atoms with van der Waals surface area (Å²) in [4.78, 5) is 9.00. The van der Waals surface area contributed by atoms with Gasteiger partial charge in [-0.3, -0.25) is 0 Å². The van der Waals surface area contributed by atoms with Crippen molar-refractivity contribution in [2.75, 3.05) is 0 Å². The molecule has 98 valence electrons. The van der Waals surface area contributed by atoms with Gasteiger partial charge < -0.3 is 4.57 Å². The molecule has 18 heavy (non-hydrogen) atoms. The van der Waals surface area contributed by atoms with Crippen molar-refractivity contribution < 1.29 is 0 Å². The van der Waals surface area contributed by atoms with Gasteiger partial charge in [0.05, 0.1) is 5.38 Å². The van der Waals surface area contributed by atoms with Gasteiger partial charge in [-0.1, -0.05) is 13.8 Å². The van der Waals surface area contributed by atoms with E-state index in [9.17, 15) is 0 Å². The molecule has 0 amide bonds. The van der Waals surface area contributed by atoms with Crippen molar-refractivity contribution in [2.24, 2.45) is 5.92 Å². The summed E-state index contributed by atoms with van der Waals surface area (Å²) >= 11 is 6.21. The molecular formula is C14H20ClN3. The number of fused-ring (bicyclic) bond motifs is 1. The molecule has 2 heterocycles. The minimum Gasteiger partial charge on any atom is -0.311 e. The third-order valence-corrected chi connectivity index (χ3v) is 3.25. The first-order chi connectivity index (χ1) is 8.59. The van der Waals surface area contributed by atoms with Gasteiger partial charge in [-0.25, -0.2) is 9.97 Å². The topological polar surface area (TPSA) is 30.7 Å². The fraction of sp³-hybridized carbons (Fsp3) is 0.571. The number of rotatable bonds is 5. The van der Waals surface area contributed by atoms with Crippen LogP contribution in [-0.2, 0) is 6.54 Å². The quantitative estimate of drug-likeness (QED) is 0.760. The molecule has 0 radical (unpaired) electrons. The van der Waals surface area contributed by atoms with Crippen LogP contribution in [0.15, 0.2) is 18.3 Å². The van der Waals surface area contributed by atoms with Gasteiger partial charge in [0, 0.05) is 12.7 Å². The molecule has 0 aliphatic rings. The molecule has 0 bridgehead atoms. The average molecular weight is 266 g/mol. The standard InChI is InChI=1S/C14H20ClN3/c1-10(2)6-5-9-18-13(11(3)15)17-12-7-4-8-16-14(12)18/h4,7-8,10-11H,5-6,9H2,1-3H3. The van der Waals surface area contributed by atoms with E-state index in [4.69, 9.17) is 11.6 Å². The lowest BCUT2D eigenvalue weighted by Gasteiger charge is -2.10. The fourth-order valence-electron chi connectivity index (χ4n) is 2.16. The van der Waals surface area contributed by atoms with Gasteiger partial charge in [0.25, 0.3) is 0 Å². The zero-order valence-corrected chi connectivity index (χ0v) is 12.0. The highest BCUT2D eigenvalue weighted by molar-refractivity contribution is 6.20. The van der Waals surface area contributed by atoms with E-state index in [1.54, 1.807) is 0 Å². The molecular weight excluding hydrogens is 246 g/mol. The molecule has 4 heteroatoms. The zero-order chi connectivity index (χ0) is 13.1. The molecule has 2 aromatic heterocycles. The molecule has 0 saturated heterocycles. The van der Waals surface area contributed by atoms with Crippen molar-refractivity contribution in [1.82, 2.24) is 14.5 Å². The third kappa shape index (κ3) is 2.83. The van der Waals surface area contributed by atoms with E-state index in [-0.39, 0.29) is 5.38 Å². The van der Waals surface area contributed by atoms with Gasteiger partial charge in [0.15, 0.2) is 5.65 Å². The van der Waals surface area contributed by atoms with Gasteiger partial charge in [-0.2, -0.15) is 0 Å². The monoisotopic (exact) mass is 265 g/mol. The molecule has 1 unspecified atom stereocenters. The second kappa shape index (κ2) is 5.70. The van der Waals surface area contributed by atoms with E-state index in [2.05, 4.69) is 28.4 Å². The van der Waals surface area contributed by atoms with Gasteiger partial charge in [-0.15, -0.1) is 11.6 Å². The largest absolute Gasteiger partial charge is 0.311 e. The Hall–Kier alpha value is -1.09. The molecule has 0 aliphatic heterocycles. The number of halogens is 1. The van der Waals surface area contributed by atoms with Crippen LogP contribution in [0.5, 0.6) is 0 Å². The second-order valence-corrected chi connectivity index (χ2v) is 5.77. The highest BCUT2D eigenvalue weighted by Crippen LogP contribution is 2.24. The summed E-state index contributed by atoms with van der Waals surface area (Å²) in [7, 11) is 0. The summed E-state index contributed by atoms with van der Waals surface area (Å²) in [5.74, 6) is 1.65. The van der Waals surface area contributed by atoms with Crippen molar-refractivity contribution in [3.8, 4) is 0 Å². The SMILES string of the molecule is CC(C)CCCn1c(C(C)Cl)nc2cccnc21. The van der Waals surface area contributed by atoms with Crippen molar-refractivity contribution >= 4 is 22.8 Å². The second-order valence-electron chi connectivity index (χ2n) is 5.12. The van der Waals surface area contributed by atoms with Crippen LogP contribution in [0.3, 0.4) is 0 Å². The Morgan fingerprint density at radius 1 is 1.33 bits per heavy atom. The number of alkyl halides is 1. The molecule has 0 fully saturated rings. The van der Waals surface area contributed by atoms with Crippen LogP contribution in [0.4, 0.5) is 0 Å². The van der Waals surface area contributed by atoms with Crippen LogP contribution in [-0.4, -0.2) is 14.5 Å². The summed E-state index contributed by atoms with van der Waals surface area (Å²) in [6, 6.07) is 3.90. The lowest BCUT2D eigenvalue weighted by Crippen LogP contribution is -2.06. The van der Waals surface area contributed by atoms with E-state index in [1.807, 2.05) is 25.3 Å². The maximum atomic E-state index is 6.21. The van der Waals surface area contributed by atoms with E-state index in [0.717, 1.165) is 35.9 Å². The normalized spacial score (nSPS) is 13.4. The molecule has 0 aromatic carbocycles. The summed E-state index contributed by atoms with van der Waals surface area (Å²) < 4.78 is 2.16. The van der Waals surface area contributed by atoms with Gasteiger partial charge in [0.1, 0.15) is 11.3 Å². The summed E-state index contributed by atoms with van der Waals surface area (Å²) in [6.45, 7) is 7.39. The summed E-state index contributed by atoms with van der Waals surface area (Å²) in [6.07, 6.45) is 4.16. The Labute approximate surface area is 113 Å². The Morgan fingerprint density at radius 2 is 2.11 bits per heavy atom. The Morgan fingerprint density at radius 3 is 2.78 bits per heavy atom. The van der Waals surface area contributed by atoms with E-state index in [1.165, 1.54) is 6.42 Å². The van der Waals surface area contributed by atoms with Crippen LogP contribution in [0, 0.1) is 5.92 Å². The average Bonchev–Trinajstić information content (AvgIpc) is 2.68. The number of hydrogen-bond donors (Lipinski definition) is 0. The van der Waals surface area contributed by atoms with Crippen LogP contribution in [0.1, 0.15) is 44.8 Å². The Bertz CT molecular complexity index is 517. The highest BCUT2D eigenvalue weighted by atomic mass is 35.5. The van der Waals surface area contributed by atoms with Crippen LogP contribution in [0.25, 0.3) is 11.2 Å². The number of pyridine rings is 1. The molecule has 0 saturated carbocycles. The first-order valence-corrected chi connectivity index (χ1v) is 6.98. The minimum atomic E-state index is -0.0850. The van der Waals surface area contributed by atoms with Crippen molar-refractivity contribution in [3.63, 3.8) is 0 Å². The van der Waals surface area contributed by atoms with E-state index in [0.29, 0.717) is 0 Å². The van der Waals surface area contributed by atoms with Gasteiger partial charge >= 0.3 is 0 Å². The lowest BCUT2D eigenvalue weighted by atomic mass is 10.1. The molecule has 0 aliphatic carbocycles. The fourth-order valence-corrected chi connectivity index (χ4v) is 2.32. The number of hydrogen-bond acceptors (Lipinski definition) is 2. The summed E-state index contributed by atoms with van der Waals surface area (Å²) in [5, 5.41) is -0.0850. The first kappa shape index (κ1) is 13.3. The lowest BCUT2D eigenvalue weighted by molar-refractivity contribution is 0.508. The van der Waals surface area contributed by atoms with Gasteiger partial charge in [-0.05, 0) is 37.8 Å². The minimum absolute atomic E-state index is 0.0850. The first-order valence-electron chi connectivity index (χ1n) is 6.54. The van der Waals surface area contributed by atoms with Crippen LogP contribution >= 0.6 is 11.6 Å². The van der Waals surface area contributed by atoms with Crippen molar-refractivity contribution in [3.05, 3.63) is 24.2 Å². The molecule has 2 aromatic rings.